The molecule has 1 atom stereocenters. The van der Waals surface area contributed by atoms with E-state index in [0.717, 1.165) is 31.4 Å². The first-order valence-electron chi connectivity index (χ1n) is 8.30. The van der Waals surface area contributed by atoms with Crippen LogP contribution in [-0.2, 0) is 5.41 Å². The third kappa shape index (κ3) is 2.46. The Morgan fingerprint density at radius 1 is 1.48 bits per heavy atom. The van der Waals surface area contributed by atoms with Crippen molar-refractivity contribution in [1.29, 1.82) is 5.26 Å². The number of hydrogen-bond donors (Lipinski definition) is 1. The molecule has 1 fully saturated rings. The van der Waals surface area contributed by atoms with Crippen molar-refractivity contribution in [3.05, 3.63) is 22.5 Å². The molecule has 23 heavy (non-hydrogen) atoms. The van der Waals surface area contributed by atoms with Crippen LogP contribution in [0.25, 0.3) is 5.52 Å². The van der Waals surface area contributed by atoms with Crippen molar-refractivity contribution in [2.24, 2.45) is 0 Å². The number of nitrogens with zero attached hydrogens (tertiary/aromatic N) is 4. The summed E-state index contributed by atoms with van der Waals surface area (Å²) in [4.78, 5) is 4.36. The Balaban J connectivity index is 2.20. The number of fused-ring (bicyclic) bond motifs is 1. The van der Waals surface area contributed by atoms with Crippen molar-refractivity contribution >= 4 is 23.1 Å². The van der Waals surface area contributed by atoms with Gasteiger partial charge in [-0.05, 0) is 32.6 Å². The van der Waals surface area contributed by atoms with Gasteiger partial charge in [-0.25, -0.2) is 9.50 Å². The summed E-state index contributed by atoms with van der Waals surface area (Å²) < 4.78 is 1.85. The Morgan fingerprint density at radius 3 is 2.74 bits per heavy atom. The van der Waals surface area contributed by atoms with Gasteiger partial charge in [0.2, 0.25) is 5.95 Å². The van der Waals surface area contributed by atoms with E-state index < -0.39 is 0 Å². The van der Waals surface area contributed by atoms with E-state index in [1.165, 1.54) is 6.42 Å². The quantitative estimate of drug-likeness (QED) is 0.887. The van der Waals surface area contributed by atoms with E-state index in [2.05, 4.69) is 42.2 Å². The molecule has 1 aliphatic rings. The maximum absolute atomic E-state index is 9.62. The van der Waals surface area contributed by atoms with Gasteiger partial charge in [0, 0.05) is 11.5 Å². The van der Waals surface area contributed by atoms with E-state index in [1.807, 2.05) is 4.52 Å². The predicted octanol–water partition coefficient (Wildman–Crippen LogP) is 4.30. The van der Waals surface area contributed by atoms with Crippen LogP contribution in [0, 0.1) is 11.3 Å². The Kier molecular flexibility index (Phi) is 4.20. The van der Waals surface area contributed by atoms with Gasteiger partial charge in [-0.1, -0.05) is 31.9 Å². The van der Waals surface area contributed by atoms with Gasteiger partial charge < -0.3 is 5.32 Å². The van der Waals surface area contributed by atoms with Crippen molar-refractivity contribution in [3.8, 4) is 6.07 Å². The third-order valence-corrected chi connectivity index (χ3v) is 5.60. The third-order valence-electron chi connectivity index (χ3n) is 5.21. The van der Waals surface area contributed by atoms with E-state index in [1.54, 1.807) is 6.20 Å². The molecule has 0 saturated heterocycles. The van der Waals surface area contributed by atoms with E-state index in [4.69, 9.17) is 11.6 Å². The second-order valence-corrected chi connectivity index (χ2v) is 6.85. The lowest BCUT2D eigenvalue weighted by molar-refractivity contribution is 0.224. The summed E-state index contributed by atoms with van der Waals surface area (Å²) >= 11 is 6.45. The highest BCUT2D eigenvalue weighted by Crippen LogP contribution is 2.49. The van der Waals surface area contributed by atoms with Gasteiger partial charge in [-0.3, -0.25) is 0 Å². The highest BCUT2D eigenvalue weighted by atomic mass is 35.5. The number of rotatable bonds is 5. The molecule has 6 heteroatoms. The summed E-state index contributed by atoms with van der Waals surface area (Å²) in [5, 5.41) is 18.0. The molecule has 0 amide bonds. The Labute approximate surface area is 141 Å². The van der Waals surface area contributed by atoms with Crippen molar-refractivity contribution in [2.45, 2.75) is 64.3 Å². The van der Waals surface area contributed by atoms with Crippen molar-refractivity contribution in [3.63, 3.8) is 0 Å². The molecule has 122 valence electrons. The molecule has 2 aromatic heterocycles. The van der Waals surface area contributed by atoms with Crippen LogP contribution in [0.3, 0.4) is 0 Å². The Hall–Kier alpha value is -1.80. The summed E-state index contributed by atoms with van der Waals surface area (Å²) in [5.41, 5.74) is 2.25. The second-order valence-electron chi connectivity index (χ2n) is 6.47. The first-order valence-corrected chi connectivity index (χ1v) is 8.68. The van der Waals surface area contributed by atoms with Gasteiger partial charge in [-0.2, -0.15) is 5.26 Å². The molecular weight excluding hydrogens is 310 g/mol. The summed E-state index contributed by atoms with van der Waals surface area (Å²) in [6, 6.07) is 2.58. The van der Waals surface area contributed by atoms with Crippen molar-refractivity contribution in [1.82, 2.24) is 14.6 Å². The van der Waals surface area contributed by atoms with Gasteiger partial charge in [-0.15, -0.1) is 5.10 Å². The highest BCUT2D eigenvalue weighted by molar-refractivity contribution is 6.35. The monoisotopic (exact) mass is 331 g/mol. The fourth-order valence-corrected chi connectivity index (χ4v) is 3.61. The van der Waals surface area contributed by atoms with E-state index in [0.29, 0.717) is 28.1 Å². The van der Waals surface area contributed by atoms with Gasteiger partial charge in [0.15, 0.2) is 0 Å². The van der Waals surface area contributed by atoms with Crippen LogP contribution in [0.2, 0.25) is 5.02 Å². The first kappa shape index (κ1) is 16.1. The molecule has 3 rings (SSSR count). The van der Waals surface area contributed by atoms with Gasteiger partial charge in [0.1, 0.15) is 11.6 Å². The molecule has 0 bridgehead atoms. The zero-order chi connectivity index (χ0) is 16.6. The molecule has 1 unspecified atom stereocenters. The SMILES string of the molecule is CCC(C)Nc1ncc2c(Cl)c(C#N)c(C3(CC)CCC3)n2n1. The van der Waals surface area contributed by atoms with Crippen molar-refractivity contribution in [2.75, 3.05) is 5.32 Å². The minimum Gasteiger partial charge on any atom is -0.351 e. The maximum Gasteiger partial charge on any atom is 0.241 e. The molecule has 1 N–H and O–H groups in total. The number of hydrogen-bond acceptors (Lipinski definition) is 4. The Morgan fingerprint density at radius 2 is 2.22 bits per heavy atom. The molecule has 0 radical (unpaired) electrons. The summed E-state index contributed by atoms with van der Waals surface area (Å²) in [6.07, 6.45) is 7.04. The highest BCUT2D eigenvalue weighted by Gasteiger charge is 2.42. The largest absolute Gasteiger partial charge is 0.351 e. The minimum absolute atomic E-state index is 0.0170. The molecule has 5 nitrogen and oxygen atoms in total. The van der Waals surface area contributed by atoms with Crippen LogP contribution >= 0.6 is 11.6 Å². The van der Waals surface area contributed by atoms with E-state index >= 15 is 0 Å². The first-order chi connectivity index (χ1) is 11.1. The number of nitriles is 1. The van der Waals surface area contributed by atoms with Crippen LogP contribution < -0.4 is 5.32 Å². The Bertz CT molecular complexity index is 764. The van der Waals surface area contributed by atoms with Crippen LogP contribution in [0.1, 0.15) is 64.1 Å². The minimum atomic E-state index is 0.0170. The lowest BCUT2D eigenvalue weighted by atomic mass is 9.64. The molecule has 1 saturated carbocycles. The zero-order valence-electron chi connectivity index (χ0n) is 13.9. The van der Waals surface area contributed by atoms with Gasteiger partial charge in [0.05, 0.1) is 22.5 Å². The normalized spacial score (nSPS) is 17.5. The van der Waals surface area contributed by atoms with E-state index in [-0.39, 0.29) is 5.41 Å². The lowest BCUT2D eigenvalue weighted by Gasteiger charge is -2.41. The van der Waals surface area contributed by atoms with E-state index in [9.17, 15) is 5.26 Å². The topological polar surface area (TPSA) is 66.0 Å². The molecule has 2 heterocycles. The van der Waals surface area contributed by atoms with Crippen LogP contribution in [0.4, 0.5) is 5.95 Å². The second kappa shape index (κ2) is 6.01. The van der Waals surface area contributed by atoms with Crippen molar-refractivity contribution < 1.29 is 0 Å². The zero-order valence-corrected chi connectivity index (χ0v) is 14.6. The molecule has 1 aliphatic carbocycles. The number of anilines is 1. The smallest absolute Gasteiger partial charge is 0.241 e. The predicted molar refractivity (Wildman–Crippen MR) is 91.9 cm³/mol. The van der Waals surface area contributed by atoms with Gasteiger partial charge >= 0.3 is 0 Å². The lowest BCUT2D eigenvalue weighted by Crippen LogP contribution is -2.36. The molecular formula is C17H22ClN5. The average molecular weight is 332 g/mol. The fraction of sp³-hybridized carbons (Fsp3) is 0.588. The molecule has 2 aromatic rings. The summed E-state index contributed by atoms with van der Waals surface area (Å²) in [7, 11) is 0. The molecule has 0 spiro atoms. The standard InChI is InChI=1S/C17H22ClN5/c1-4-11(3)21-16-20-10-13-14(18)12(9-19)15(23(13)22-16)17(5-2)7-6-8-17/h10-11H,4-8H2,1-3H3,(H,21,22). The summed E-state index contributed by atoms with van der Waals surface area (Å²) in [6.45, 7) is 6.38. The van der Waals surface area contributed by atoms with Crippen LogP contribution in [-0.4, -0.2) is 20.6 Å². The fourth-order valence-electron chi connectivity index (χ4n) is 3.35. The number of aromatic nitrogens is 3. The molecule has 0 aromatic carbocycles. The molecule has 0 aliphatic heterocycles. The van der Waals surface area contributed by atoms with Crippen LogP contribution in [0.5, 0.6) is 0 Å². The summed E-state index contributed by atoms with van der Waals surface area (Å²) in [5.74, 6) is 0.579. The van der Waals surface area contributed by atoms with Crippen LogP contribution in [0.15, 0.2) is 6.20 Å². The number of nitrogens with one attached hydrogen (secondary N) is 1. The van der Waals surface area contributed by atoms with Gasteiger partial charge in [0.25, 0.3) is 0 Å². The maximum atomic E-state index is 9.62. The number of halogens is 1. The average Bonchev–Trinajstić information content (AvgIpc) is 2.79.